The molecule has 0 saturated heterocycles. The van der Waals surface area contributed by atoms with E-state index in [9.17, 15) is 4.79 Å². The highest BCUT2D eigenvalue weighted by molar-refractivity contribution is 9.10. The molecule has 0 saturated carbocycles. The van der Waals surface area contributed by atoms with Crippen LogP contribution in [0.1, 0.15) is 23.7 Å². The smallest absolute Gasteiger partial charge is 0.257 e. The lowest BCUT2D eigenvalue weighted by atomic mass is 10.1. The van der Waals surface area contributed by atoms with Crippen molar-refractivity contribution in [3.05, 3.63) is 52.5 Å². The van der Waals surface area contributed by atoms with Crippen molar-refractivity contribution in [2.75, 3.05) is 17.7 Å². The molecule has 0 bridgehead atoms. The summed E-state index contributed by atoms with van der Waals surface area (Å²) in [6.07, 6.45) is 0.959. The van der Waals surface area contributed by atoms with Gasteiger partial charge in [-0.3, -0.25) is 4.79 Å². The first-order valence-electron chi connectivity index (χ1n) is 6.70. The molecule has 0 aliphatic heterocycles. The van der Waals surface area contributed by atoms with Crippen molar-refractivity contribution in [3.63, 3.8) is 0 Å². The number of carbonyl (C=O) groups is 1. The number of halogens is 1. The quantitative estimate of drug-likeness (QED) is 0.800. The number of ether oxygens (including phenoxy) is 1. The number of nitrogen functional groups attached to an aromatic ring is 1. The van der Waals surface area contributed by atoms with Crippen molar-refractivity contribution in [1.29, 1.82) is 0 Å². The molecule has 5 heteroatoms. The van der Waals surface area contributed by atoms with Gasteiger partial charge in [0.15, 0.2) is 0 Å². The molecule has 0 aromatic heterocycles. The van der Waals surface area contributed by atoms with Gasteiger partial charge in [-0.05, 0) is 58.7 Å². The highest BCUT2D eigenvalue weighted by Gasteiger charge is 2.11. The van der Waals surface area contributed by atoms with Crippen LogP contribution in [0.2, 0.25) is 0 Å². The molecule has 0 radical (unpaired) electrons. The standard InChI is InChI=1S/C16H17BrN2O2/c1-2-10-21-12-8-6-11(7-9-12)19-16(20)13-4-3-5-14(17)15(13)18/h3-9H,2,10,18H2,1H3,(H,19,20). The number of amides is 1. The Labute approximate surface area is 132 Å². The first kappa shape index (κ1) is 15.4. The zero-order valence-corrected chi connectivity index (χ0v) is 13.3. The predicted octanol–water partition coefficient (Wildman–Crippen LogP) is 4.07. The van der Waals surface area contributed by atoms with E-state index >= 15 is 0 Å². The largest absolute Gasteiger partial charge is 0.494 e. The Morgan fingerprint density at radius 1 is 1.24 bits per heavy atom. The monoisotopic (exact) mass is 348 g/mol. The molecule has 110 valence electrons. The number of carbonyl (C=O) groups excluding carboxylic acids is 1. The highest BCUT2D eigenvalue weighted by atomic mass is 79.9. The molecule has 2 rings (SSSR count). The van der Waals surface area contributed by atoms with Crippen molar-refractivity contribution < 1.29 is 9.53 Å². The number of nitrogens with two attached hydrogens (primary N) is 1. The third-order valence-electron chi connectivity index (χ3n) is 2.88. The molecule has 0 fully saturated rings. The molecule has 0 aliphatic rings. The lowest BCUT2D eigenvalue weighted by molar-refractivity contribution is 0.102. The molecule has 21 heavy (non-hydrogen) atoms. The van der Waals surface area contributed by atoms with Crippen LogP contribution in [0.3, 0.4) is 0 Å². The van der Waals surface area contributed by atoms with E-state index in [1.54, 1.807) is 30.3 Å². The van der Waals surface area contributed by atoms with Crippen LogP contribution in [-0.2, 0) is 0 Å². The fraction of sp³-hybridized carbons (Fsp3) is 0.188. The molecule has 2 aromatic carbocycles. The van der Waals surface area contributed by atoms with Gasteiger partial charge in [-0.25, -0.2) is 0 Å². The molecular weight excluding hydrogens is 332 g/mol. The molecule has 0 heterocycles. The maximum Gasteiger partial charge on any atom is 0.257 e. The summed E-state index contributed by atoms with van der Waals surface area (Å²) in [5.41, 5.74) is 7.45. The number of rotatable bonds is 5. The molecule has 1 amide bonds. The van der Waals surface area contributed by atoms with Crippen LogP contribution in [0.25, 0.3) is 0 Å². The molecule has 0 atom stereocenters. The van der Waals surface area contributed by atoms with E-state index in [0.717, 1.165) is 12.2 Å². The van der Waals surface area contributed by atoms with Gasteiger partial charge in [0, 0.05) is 10.2 Å². The van der Waals surface area contributed by atoms with E-state index in [0.29, 0.717) is 28.0 Å². The Balaban J connectivity index is 2.07. The number of benzene rings is 2. The fourth-order valence-corrected chi connectivity index (χ4v) is 2.15. The van der Waals surface area contributed by atoms with E-state index in [4.69, 9.17) is 10.5 Å². The van der Waals surface area contributed by atoms with Gasteiger partial charge in [-0.1, -0.05) is 13.0 Å². The average molecular weight is 349 g/mol. The molecular formula is C16H17BrN2O2. The number of anilines is 2. The topological polar surface area (TPSA) is 64.3 Å². The molecule has 0 aliphatic carbocycles. The Kier molecular flexibility index (Phi) is 5.22. The van der Waals surface area contributed by atoms with Gasteiger partial charge in [0.1, 0.15) is 5.75 Å². The third-order valence-corrected chi connectivity index (χ3v) is 3.57. The summed E-state index contributed by atoms with van der Waals surface area (Å²) in [4.78, 5) is 12.2. The molecule has 4 nitrogen and oxygen atoms in total. The highest BCUT2D eigenvalue weighted by Crippen LogP contribution is 2.24. The normalized spacial score (nSPS) is 10.2. The molecule has 2 aromatic rings. The van der Waals surface area contributed by atoms with Crippen LogP contribution < -0.4 is 15.8 Å². The summed E-state index contributed by atoms with van der Waals surface area (Å²) < 4.78 is 6.20. The first-order valence-corrected chi connectivity index (χ1v) is 7.49. The zero-order valence-electron chi connectivity index (χ0n) is 11.7. The maximum absolute atomic E-state index is 12.2. The number of hydrogen-bond acceptors (Lipinski definition) is 3. The molecule has 0 spiro atoms. The second-order valence-corrected chi connectivity index (χ2v) is 5.38. The maximum atomic E-state index is 12.2. The van der Waals surface area contributed by atoms with Crippen LogP contribution in [0, 0.1) is 0 Å². The fourth-order valence-electron chi connectivity index (χ4n) is 1.79. The predicted molar refractivity (Wildman–Crippen MR) is 88.7 cm³/mol. The summed E-state index contributed by atoms with van der Waals surface area (Å²) in [5, 5.41) is 2.81. The van der Waals surface area contributed by atoms with Crippen molar-refractivity contribution in [1.82, 2.24) is 0 Å². The van der Waals surface area contributed by atoms with Crippen LogP contribution in [-0.4, -0.2) is 12.5 Å². The lowest BCUT2D eigenvalue weighted by Gasteiger charge is -2.09. The third kappa shape index (κ3) is 3.98. The summed E-state index contributed by atoms with van der Waals surface area (Å²) in [6, 6.07) is 12.5. The van der Waals surface area contributed by atoms with Gasteiger partial charge < -0.3 is 15.8 Å². The van der Waals surface area contributed by atoms with Gasteiger partial charge in [0.2, 0.25) is 0 Å². The van der Waals surface area contributed by atoms with Gasteiger partial charge >= 0.3 is 0 Å². The average Bonchev–Trinajstić information content (AvgIpc) is 2.49. The summed E-state index contributed by atoms with van der Waals surface area (Å²) in [6.45, 7) is 2.73. The lowest BCUT2D eigenvalue weighted by Crippen LogP contribution is -2.14. The van der Waals surface area contributed by atoms with Crippen LogP contribution in [0.5, 0.6) is 5.75 Å². The van der Waals surface area contributed by atoms with E-state index in [1.165, 1.54) is 0 Å². The number of para-hydroxylation sites is 1. The number of nitrogens with one attached hydrogen (secondary N) is 1. The Morgan fingerprint density at radius 2 is 1.95 bits per heavy atom. The van der Waals surface area contributed by atoms with Crippen molar-refractivity contribution in [2.45, 2.75) is 13.3 Å². The Bertz CT molecular complexity index is 627. The second kappa shape index (κ2) is 7.13. The van der Waals surface area contributed by atoms with Gasteiger partial charge in [0.25, 0.3) is 5.91 Å². The van der Waals surface area contributed by atoms with Crippen molar-refractivity contribution in [3.8, 4) is 5.75 Å². The van der Waals surface area contributed by atoms with Gasteiger partial charge in [0.05, 0.1) is 17.9 Å². The minimum absolute atomic E-state index is 0.240. The van der Waals surface area contributed by atoms with Crippen LogP contribution in [0.4, 0.5) is 11.4 Å². The van der Waals surface area contributed by atoms with Gasteiger partial charge in [-0.15, -0.1) is 0 Å². The van der Waals surface area contributed by atoms with E-state index in [-0.39, 0.29) is 5.91 Å². The molecule has 0 unspecified atom stereocenters. The van der Waals surface area contributed by atoms with Gasteiger partial charge in [-0.2, -0.15) is 0 Å². The second-order valence-electron chi connectivity index (χ2n) is 4.53. The van der Waals surface area contributed by atoms with Crippen LogP contribution in [0.15, 0.2) is 46.9 Å². The first-order chi connectivity index (χ1) is 10.1. The minimum Gasteiger partial charge on any atom is -0.494 e. The van der Waals surface area contributed by atoms with Crippen molar-refractivity contribution >= 4 is 33.2 Å². The minimum atomic E-state index is -0.240. The molecule has 3 N–H and O–H groups in total. The van der Waals surface area contributed by atoms with E-state index < -0.39 is 0 Å². The van der Waals surface area contributed by atoms with E-state index in [2.05, 4.69) is 28.2 Å². The SMILES string of the molecule is CCCOc1ccc(NC(=O)c2cccc(Br)c2N)cc1. The number of hydrogen-bond donors (Lipinski definition) is 2. The van der Waals surface area contributed by atoms with Crippen molar-refractivity contribution in [2.24, 2.45) is 0 Å². The summed E-state index contributed by atoms with van der Waals surface area (Å²) in [7, 11) is 0. The Morgan fingerprint density at radius 3 is 2.62 bits per heavy atom. The Hall–Kier alpha value is -2.01. The van der Waals surface area contributed by atoms with Crippen LogP contribution >= 0.6 is 15.9 Å². The summed E-state index contributed by atoms with van der Waals surface area (Å²) >= 11 is 3.31. The summed E-state index contributed by atoms with van der Waals surface area (Å²) in [5.74, 6) is 0.549. The van der Waals surface area contributed by atoms with E-state index in [1.807, 2.05) is 12.1 Å². The zero-order chi connectivity index (χ0) is 15.2.